The molecule has 17 heavy (non-hydrogen) atoms. The van der Waals surface area contributed by atoms with Gasteiger partial charge in [0.25, 0.3) is 0 Å². The van der Waals surface area contributed by atoms with Crippen LogP contribution in [0.1, 0.15) is 5.56 Å². The molecule has 1 aromatic rings. The van der Waals surface area contributed by atoms with Crippen LogP contribution in [0.2, 0.25) is 0 Å². The third kappa shape index (κ3) is 3.85. The average Bonchev–Trinajstić information content (AvgIpc) is 2.25. The van der Waals surface area contributed by atoms with Gasteiger partial charge in [0.15, 0.2) is 5.84 Å². The summed E-state index contributed by atoms with van der Waals surface area (Å²) in [5.41, 5.74) is 5.29. The number of hydrogen-bond acceptors (Lipinski definition) is 1. The Morgan fingerprint density at radius 2 is 1.76 bits per heavy atom. The number of benzene rings is 1. The first-order valence-electron chi connectivity index (χ1n) is 4.48. The van der Waals surface area contributed by atoms with Crippen molar-refractivity contribution in [3.05, 3.63) is 34.3 Å². The lowest BCUT2D eigenvalue weighted by Crippen LogP contribution is -2.32. The highest BCUT2D eigenvalue weighted by Crippen LogP contribution is 2.16. The second-order valence-electron chi connectivity index (χ2n) is 3.05. The Kier molecular flexibility index (Phi) is 4.28. The molecule has 1 aromatic carbocycles. The monoisotopic (exact) mass is 307 g/mol. The molecule has 0 aromatic heterocycles. The summed E-state index contributed by atoms with van der Waals surface area (Å²) in [6, 6.07) is 6.55. The number of halogens is 4. The first-order chi connectivity index (χ1) is 7.84. The predicted octanol–water partition coefficient (Wildman–Crippen LogP) is 2.75. The molecule has 3 nitrogen and oxygen atoms in total. The lowest BCUT2D eigenvalue weighted by atomic mass is 10.2. The summed E-state index contributed by atoms with van der Waals surface area (Å²) < 4.78 is 37.4. The van der Waals surface area contributed by atoms with Gasteiger partial charge >= 0.3 is 6.18 Å². The fourth-order valence-corrected chi connectivity index (χ4v) is 1.28. The van der Waals surface area contributed by atoms with Crippen LogP contribution in [-0.4, -0.2) is 24.9 Å². The van der Waals surface area contributed by atoms with Gasteiger partial charge in [-0.2, -0.15) is 13.2 Å². The molecule has 0 amide bonds. The quantitative estimate of drug-likeness (QED) is 0.629. The van der Waals surface area contributed by atoms with Crippen LogP contribution in [0.5, 0.6) is 0 Å². The summed E-state index contributed by atoms with van der Waals surface area (Å²) in [4.78, 5) is 6.95. The van der Waals surface area contributed by atoms with Crippen molar-refractivity contribution in [2.24, 2.45) is 15.7 Å². The molecule has 0 aliphatic heterocycles. The lowest BCUT2D eigenvalue weighted by Gasteiger charge is -2.06. The van der Waals surface area contributed by atoms with E-state index in [2.05, 4.69) is 25.9 Å². The van der Waals surface area contributed by atoms with Gasteiger partial charge in [-0.05, 0) is 12.1 Å². The minimum absolute atomic E-state index is 0.0627. The van der Waals surface area contributed by atoms with Crippen molar-refractivity contribution in [2.75, 3.05) is 7.05 Å². The first-order valence-corrected chi connectivity index (χ1v) is 5.28. The van der Waals surface area contributed by atoms with Gasteiger partial charge in [-0.1, -0.05) is 28.1 Å². The Hall–Kier alpha value is -1.37. The molecule has 7 heteroatoms. The molecule has 0 aliphatic rings. The van der Waals surface area contributed by atoms with Crippen LogP contribution in [0.15, 0.2) is 38.7 Å². The zero-order valence-corrected chi connectivity index (χ0v) is 10.4. The topological polar surface area (TPSA) is 50.7 Å². The van der Waals surface area contributed by atoms with Crippen LogP contribution < -0.4 is 5.73 Å². The molecular weight excluding hydrogens is 299 g/mol. The molecule has 0 bridgehead atoms. The van der Waals surface area contributed by atoms with Crippen LogP contribution in [0.3, 0.4) is 0 Å². The number of nitrogens with zero attached hydrogens (tertiary/aromatic N) is 2. The van der Waals surface area contributed by atoms with Gasteiger partial charge in [-0.25, -0.2) is 4.99 Å². The summed E-state index contributed by atoms with van der Waals surface area (Å²) in [5, 5.41) is 0. The molecule has 1 rings (SSSR count). The fraction of sp³-hybridized carbons (Fsp3) is 0.200. The third-order valence-electron chi connectivity index (χ3n) is 1.83. The maximum atomic E-state index is 12.2. The van der Waals surface area contributed by atoms with E-state index in [0.29, 0.717) is 5.56 Å². The number of alkyl halides is 3. The standard InChI is InChI=1S/C10H9BrF3N3/c1-16-8(17-9(15)10(12,13)14)6-2-4-7(11)5-3-6/h2-5H,1H3,(H2,15,16,17). The summed E-state index contributed by atoms with van der Waals surface area (Å²) in [6.45, 7) is 0. The van der Waals surface area contributed by atoms with Crippen molar-refractivity contribution in [3.63, 3.8) is 0 Å². The normalized spacial score (nSPS) is 13.9. The first kappa shape index (κ1) is 13.7. The van der Waals surface area contributed by atoms with Gasteiger partial charge in [0.05, 0.1) is 0 Å². The summed E-state index contributed by atoms with van der Waals surface area (Å²) in [5.74, 6) is -1.48. The van der Waals surface area contributed by atoms with Gasteiger partial charge in [-0.15, -0.1) is 0 Å². The van der Waals surface area contributed by atoms with E-state index in [0.717, 1.165) is 4.47 Å². The zero-order valence-electron chi connectivity index (χ0n) is 8.79. The molecule has 0 radical (unpaired) electrons. The predicted molar refractivity (Wildman–Crippen MR) is 64.3 cm³/mol. The van der Waals surface area contributed by atoms with E-state index in [1.165, 1.54) is 7.05 Å². The van der Waals surface area contributed by atoms with E-state index in [-0.39, 0.29) is 5.84 Å². The molecule has 92 valence electrons. The highest BCUT2D eigenvalue weighted by Gasteiger charge is 2.33. The summed E-state index contributed by atoms with van der Waals surface area (Å²) in [7, 11) is 1.35. The van der Waals surface area contributed by atoms with Gasteiger partial charge < -0.3 is 5.73 Å². The lowest BCUT2D eigenvalue weighted by molar-refractivity contribution is -0.0597. The van der Waals surface area contributed by atoms with Gasteiger partial charge in [0.2, 0.25) is 5.84 Å². The summed E-state index contributed by atoms with van der Waals surface area (Å²) >= 11 is 3.22. The molecule has 0 unspecified atom stereocenters. The van der Waals surface area contributed by atoms with Crippen molar-refractivity contribution in [2.45, 2.75) is 6.18 Å². The van der Waals surface area contributed by atoms with E-state index < -0.39 is 12.0 Å². The Labute approximate surface area is 104 Å². The second-order valence-corrected chi connectivity index (χ2v) is 3.96. The van der Waals surface area contributed by atoms with E-state index in [1.807, 2.05) is 0 Å². The summed E-state index contributed by atoms with van der Waals surface area (Å²) in [6.07, 6.45) is -4.65. The van der Waals surface area contributed by atoms with E-state index in [4.69, 9.17) is 5.73 Å². The Morgan fingerprint density at radius 3 is 2.18 bits per heavy atom. The Morgan fingerprint density at radius 1 is 1.24 bits per heavy atom. The molecular formula is C10H9BrF3N3. The van der Waals surface area contributed by atoms with Crippen LogP contribution in [0, 0.1) is 0 Å². The zero-order chi connectivity index (χ0) is 13.1. The minimum Gasteiger partial charge on any atom is -0.380 e. The van der Waals surface area contributed by atoms with Gasteiger partial charge in [-0.3, -0.25) is 4.99 Å². The largest absolute Gasteiger partial charge is 0.449 e. The fourth-order valence-electron chi connectivity index (χ4n) is 1.02. The van der Waals surface area contributed by atoms with E-state index in [9.17, 15) is 13.2 Å². The number of amidine groups is 2. The van der Waals surface area contributed by atoms with E-state index >= 15 is 0 Å². The Balaban J connectivity index is 3.07. The van der Waals surface area contributed by atoms with Crippen molar-refractivity contribution < 1.29 is 13.2 Å². The molecule has 0 aliphatic carbocycles. The molecule has 0 saturated heterocycles. The molecule has 0 fully saturated rings. The molecule has 0 heterocycles. The minimum atomic E-state index is -4.65. The van der Waals surface area contributed by atoms with Crippen molar-refractivity contribution in [1.29, 1.82) is 0 Å². The smallest absolute Gasteiger partial charge is 0.380 e. The highest BCUT2D eigenvalue weighted by atomic mass is 79.9. The number of aliphatic imine (C=N–C) groups is 2. The molecule has 0 atom stereocenters. The third-order valence-corrected chi connectivity index (χ3v) is 2.36. The van der Waals surface area contributed by atoms with Crippen molar-refractivity contribution in [1.82, 2.24) is 0 Å². The highest BCUT2D eigenvalue weighted by molar-refractivity contribution is 9.10. The maximum absolute atomic E-state index is 12.2. The van der Waals surface area contributed by atoms with E-state index in [1.54, 1.807) is 24.3 Å². The van der Waals surface area contributed by atoms with Crippen molar-refractivity contribution in [3.8, 4) is 0 Å². The van der Waals surface area contributed by atoms with Crippen LogP contribution in [0.25, 0.3) is 0 Å². The second kappa shape index (κ2) is 5.31. The van der Waals surface area contributed by atoms with Crippen LogP contribution in [0.4, 0.5) is 13.2 Å². The van der Waals surface area contributed by atoms with Gasteiger partial charge in [0, 0.05) is 17.1 Å². The van der Waals surface area contributed by atoms with Crippen LogP contribution in [-0.2, 0) is 0 Å². The number of nitrogens with two attached hydrogens (primary N) is 1. The van der Waals surface area contributed by atoms with Crippen LogP contribution >= 0.6 is 15.9 Å². The van der Waals surface area contributed by atoms with Gasteiger partial charge in [0.1, 0.15) is 0 Å². The molecule has 0 saturated carbocycles. The SMILES string of the molecule is CN=C(N=C(N)C(F)(F)F)c1ccc(Br)cc1. The average molecular weight is 308 g/mol. The molecule has 2 N–H and O–H groups in total. The Bertz CT molecular complexity index is 449. The number of rotatable bonds is 1. The van der Waals surface area contributed by atoms with Crippen molar-refractivity contribution >= 4 is 27.6 Å². The number of hydrogen-bond donors (Lipinski definition) is 1. The molecule has 0 spiro atoms. The maximum Gasteiger partial charge on any atom is 0.449 e.